The molecule has 30 heavy (non-hydrogen) atoms. The second-order valence-corrected chi connectivity index (χ2v) is 8.01. The Bertz CT molecular complexity index is 1050. The molecule has 3 rings (SSSR count). The van der Waals surface area contributed by atoms with E-state index in [-0.39, 0.29) is 17.6 Å². The van der Waals surface area contributed by atoms with E-state index < -0.39 is 0 Å². The lowest BCUT2D eigenvalue weighted by Crippen LogP contribution is -2.14. The van der Waals surface area contributed by atoms with Gasteiger partial charge in [0, 0.05) is 27.4 Å². The molecule has 3 aromatic rings. The van der Waals surface area contributed by atoms with Crippen LogP contribution >= 0.6 is 23.4 Å². The van der Waals surface area contributed by atoms with Crippen molar-refractivity contribution in [3.05, 3.63) is 95.0 Å². The van der Waals surface area contributed by atoms with Gasteiger partial charge in [0.2, 0.25) is 11.8 Å². The number of rotatable bonds is 7. The predicted octanol–water partition coefficient (Wildman–Crippen LogP) is 6.03. The first-order valence-electron chi connectivity index (χ1n) is 9.32. The first kappa shape index (κ1) is 21.7. The molecule has 4 nitrogen and oxygen atoms in total. The van der Waals surface area contributed by atoms with E-state index in [9.17, 15) is 9.59 Å². The van der Waals surface area contributed by atoms with Crippen LogP contribution in [-0.2, 0) is 9.59 Å². The number of thioether (sulfide) groups is 1. The number of carbonyl (C=O) groups is 2. The molecule has 0 saturated heterocycles. The number of hydrogen-bond donors (Lipinski definition) is 2. The summed E-state index contributed by atoms with van der Waals surface area (Å²) in [5.41, 5.74) is 3.30. The van der Waals surface area contributed by atoms with Gasteiger partial charge in [-0.15, -0.1) is 11.8 Å². The number of aryl methyl sites for hydroxylation is 1. The molecule has 0 heterocycles. The fourth-order valence-electron chi connectivity index (χ4n) is 2.57. The molecule has 2 N–H and O–H groups in total. The van der Waals surface area contributed by atoms with Gasteiger partial charge in [-0.05, 0) is 60.5 Å². The maximum atomic E-state index is 12.1. The molecule has 0 bridgehead atoms. The lowest BCUT2D eigenvalue weighted by Gasteiger charge is -2.07. The van der Waals surface area contributed by atoms with Gasteiger partial charge in [-0.2, -0.15) is 0 Å². The molecular formula is C24H21ClN2O2S. The van der Waals surface area contributed by atoms with Gasteiger partial charge in [0.25, 0.3) is 0 Å². The normalized spacial score (nSPS) is 10.7. The van der Waals surface area contributed by atoms with Crippen molar-refractivity contribution in [2.24, 2.45) is 0 Å². The maximum Gasteiger partial charge on any atom is 0.248 e. The zero-order valence-electron chi connectivity index (χ0n) is 16.4. The smallest absolute Gasteiger partial charge is 0.248 e. The summed E-state index contributed by atoms with van der Waals surface area (Å²) in [4.78, 5) is 25.1. The minimum atomic E-state index is -0.199. The molecule has 0 atom stereocenters. The van der Waals surface area contributed by atoms with E-state index in [1.165, 1.54) is 17.8 Å². The van der Waals surface area contributed by atoms with Crippen LogP contribution < -0.4 is 10.6 Å². The van der Waals surface area contributed by atoms with Crippen molar-refractivity contribution >= 4 is 52.6 Å². The fourth-order valence-corrected chi connectivity index (χ4v) is 3.45. The third kappa shape index (κ3) is 6.79. The average molecular weight is 437 g/mol. The van der Waals surface area contributed by atoms with Gasteiger partial charge in [0.1, 0.15) is 0 Å². The van der Waals surface area contributed by atoms with E-state index >= 15 is 0 Å². The van der Waals surface area contributed by atoms with Gasteiger partial charge in [-0.25, -0.2) is 0 Å². The van der Waals surface area contributed by atoms with Gasteiger partial charge in [0.15, 0.2) is 0 Å². The monoisotopic (exact) mass is 436 g/mol. The molecule has 0 radical (unpaired) electrons. The van der Waals surface area contributed by atoms with Crippen LogP contribution in [0.25, 0.3) is 6.08 Å². The first-order chi connectivity index (χ1) is 14.5. The second kappa shape index (κ2) is 10.7. The molecule has 0 spiro atoms. The Labute approximate surface area is 185 Å². The third-order valence-corrected chi connectivity index (χ3v) is 5.59. The molecule has 0 aliphatic heterocycles. The van der Waals surface area contributed by atoms with E-state index in [0.717, 1.165) is 16.0 Å². The molecule has 3 aromatic carbocycles. The predicted molar refractivity (Wildman–Crippen MR) is 126 cm³/mol. The van der Waals surface area contributed by atoms with Crippen LogP contribution in [0.4, 0.5) is 11.4 Å². The molecule has 2 amide bonds. The van der Waals surface area contributed by atoms with E-state index in [2.05, 4.69) is 10.6 Å². The van der Waals surface area contributed by atoms with Crippen LogP contribution in [0.5, 0.6) is 0 Å². The Morgan fingerprint density at radius 2 is 1.63 bits per heavy atom. The summed E-state index contributed by atoms with van der Waals surface area (Å²) in [6.07, 6.45) is 3.26. The fraction of sp³-hybridized carbons (Fsp3) is 0.0833. The van der Waals surface area contributed by atoms with Crippen LogP contribution in [-0.4, -0.2) is 17.6 Å². The number of halogens is 1. The van der Waals surface area contributed by atoms with E-state index in [0.29, 0.717) is 16.4 Å². The number of nitrogens with one attached hydrogen (secondary N) is 2. The summed E-state index contributed by atoms with van der Waals surface area (Å²) in [5, 5.41) is 6.28. The minimum Gasteiger partial charge on any atom is -0.325 e. The standard InChI is InChI=1S/C24H21ClN2O2S/c1-17-7-9-20(15-22(17)25)27-24(29)16-30-21-12-10-19(11-13-21)26-23(28)14-8-18-5-3-2-4-6-18/h2-15H,16H2,1H3,(H,26,28)(H,27,29)/b14-8+. The number of carbonyl (C=O) groups excluding carboxylic acids is 2. The molecule has 0 fully saturated rings. The molecular weight excluding hydrogens is 416 g/mol. The topological polar surface area (TPSA) is 58.2 Å². The SMILES string of the molecule is Cc1ccc(NC(=O)CSc2ccc(NC(=O)/C=C/c3ccccc3)cc2)cc1Cl. The largest absolute Gasteiger partial charge is 0.325 e. The summed E-state index contributed by atoms with van der Waals surface area (Å²) >= 11 is 7.50. The number of hydrogen-bond acceptors (Lipinski definition) is 3. The Kier molecular flexibility index (Phi) is 7.71. The molecule has 152 valence electrons. The lowest BCUT2D eigenvalue weighted by molar-refractivity contribution is -0.114. The van der Waals surface area contributed by atoms with E-state index in [1.807, 2.05) is 73.7 Å². The Hall–Kier alpha value is -3.02. The summed E-state index contributed by atoms with van der Waals surface area (Å²) in [6.45, 7) is 1.91. The highest BCUT2D eigenvalue weighted by Gasteiger charge is 2.06. The highest BCUT2D eigenvalue weighted by atomic mass is 35.5. The van der Waals surface area contributed by atoms with E-state index in [4.69, 9.17) is 11.6 Å². The molecule has 0 aliphatic rings. The lowest BCUT2D eigenvalue weighted by atomic mass is 10.2. The Morgan fingerprint density at radius 1 is 0.933 bits per heavy atom. The van der Waals surface area contributed by atoms with Gasteiger partial charge < -0.3 is 10.6 Å². The van der Waals surface area contributed by atoms with Crippen molar-refractivity contribution in [2.75, 3.05) is 16.4 Å². The highest BCUT2D eigenvalue weighted by Crippen LogP contribution is 2.22. The van der Waals surface area contributed by atoms with Crippen molar-refractivity contribution in [1.29, 1.82) is 0 Å². The van der Waals surface area contributed by atoms with E-state index in [1.54, 1.807) is 12.1 Å². The van der Waals surface area contributed by atoms with Crippen LogP contribution in [0.3, 0.4) is 0 Å². The summed E-state index contributed by atoms with van der Waals surface area (Å²) in [6, 6.07) is 22.4. The quantitative estimate of drug-likeness (QED) is 0.351. The van der Waals surface area contributed by atoms with Crippen LogP contribution in [0.1, 0.15) is 11.1 Å². The van der Waals surface area contributed by atoms with Crippen LogP contribution in [0.15, 0.2) is 83.8 Å². The molecule has 0 unspecified atom stereocenters. The van der Waals surface area contributed by atoms with Gasteiger partial charge in [0.05, 0.1) is 5.75 Å². The van der Waals surface area contributed by atoms with Crippen molar-refractivity contribution in [3.63, 3.8) is 0 Å². The van der Waals surface area contributed by atoms with Gasteiger partial charge in [-0.3, -0.25) is 9.59 Å². The number of amides is 2. The van der Waals surface area contributed by atoms with Crippen molar-refractivity contribution in [2.45, 2.75) is 11.8 Å². The maximum absolute atomic E-state index is 12.1. The van der Waals surface area contributed by atoms with Crippen molar-refractivity contribution in [3.8, 4) is 0 Å². The number of anilines is 2. The minimum absolute atomic E-state index is 0.108. The third-order valence-electron chi connectivity index (χ3n) is 4.17. The summed E-state index contributed by atoms with van der Waals surface area (Å²) in [7, 11) is 0. The zero-order chi connectivity index (χ0) is 21.3. The van der Waals surface area contributed by atoms with Crippen LogP contribution in [0.2, 0.25) is 5.02 Å². The highest BCUT2D eigenvalue weighted by molar-refractivity contribution is 8.00. The Morgan fingerprint density at radius 3 is 2.33 bits per heavy atom. The molecule has 0 aromatic heterocycles. The second-order valence-electron chi connectivity index (χ2n) is 6.56. The first-order valence-corrected chi connectivity index (χ1v) is 10.7. The summed E-state index contributed by atoms with van der Waals surface area (Å²) < 4.78 is 0. The molecule has 0 saturated carbocycles. The Balaban J connectivity index is 1.47. The van der Waals surface area contributed by atoms with Crippen molar-refractivity contribution in [1.82, 2.24) is 0 Å². The average Bonchev–Trinajstić information content (AvgIpc) is 2.75. The molecule has 0 aliphatic carbocycles. The van der Waals surface area contributed by atoms with Gasteiger partial charge in [-0.1, -0.05) is 48.0 Å². The summed E-state index contributed by atoms with van der Waals surface area (Å²) in [5.74, 6) is -0.0319. The number of benzene rings is 3. The zero-order valence-corrected chi connectivity index (χ0v) is 18.0. The van der Waals surface area contributed by atoms with Gasteiger partial charge >= 0.3 is 0 Å². The van der Waals surface area contributed by atoms with Crippen LogP contribution in [0, 0.1) is 6.92 Å². The van der Waals surface area contributed by atoms with Crippen molar-refractivity contribution < 1.29 is 9.59 Å². The molecule has 6 heteroatoms.